The monoisotopic (exact) mass is 475 g/mol. The highest BCUT2D eigenvalue weighted by atomic mass is 32.2. The van der Waals surface area contributed by atoms with Crippen LogP contribution in [0.2, 0.25) is 0 Å². The summed E-state index contributed by atoms with van der Waals surface area (Å²) < 4.78 is 5.26. The SMILES string of the molecule is COc1ccc(C2NC(SCC(=O)N3CCC(C)CC3)C3C(=O)N(C)C(=O)N(C)C3N2)cc1. The highest BCUT2D eigenvalue weighted by Crippen LogP contribution is 2.35. The van der Waals surface area contributed by atoms with Gasteiger partial charge in [-0.25, -0.2) is 4.79 Å². The van der Waals surface area contributed by atoms with E-state index in [9.17, 15) is 14.4 Å². The van der Waals surface area contributed by atoms with Crippen LogP contribution in [0.25, 0.3) is 0 Å². The predicted octanol–water partition coefficient (Wildman–Crippen LogP) is 1.67. The van der Waals surface area contributed by atoms with Crippen LogP contribution in [-0.4, -0.2) is 84.1 Å². The lowest BCUT2D eigenvalue weighted by molar-refractivity contribution is -0.140. The van der Waals surface area contributed by atoms with Crippen molar-refractivity contribution in [3.8, 4) is 5.75 Å². The number of urea groups is 1. The minimum atomic E-state index is -0.508. The fourth-order valence-electron chi connectivity index (χ4n) is 4.70. The number of ether oxygens (including phenoxy) is 1. The van der Waals surface area contributed by atoms with Crippen LogP contribution in [0.15, 0.2) is 24.3 Å². The molecule has 3 heterocycles. The zero-order chi connectivity index (χ0) is 23.7. The lowest BCUT2D eigenvalue weighted by Gasteiger charge is -2.50. The number of piperidine rings is 1. The van der Waals surface area contributed by atoms with Crippen LogP contribution in [-0.2, 0) is 9.59 Å². The van der Waals surface area contributed by atoms with Crippen molar-refractivity contribution in [2.24, 2.45) is 11.8 Å². The maximum Gasteiger partial charge on any atom is 0.327 e. The van der Waals surface area contributed by atoms with Gasteiger partial charge in [0.15, 0.2) is 0 Å². The Morgan fingerprint density at radius 3 is 2.42 bits per heavy atom. The Bertz CT molecular complexity index is 889. The Balaban J connectivity index is 1.53. The standard InChI is InChI=1S/C23H33N5O4S/c1-14-9-11-28(12-10-14)17(29)13-33-21-18-20(26(2)23(31)27(3)22(18)30)24-19(25-21)15-5-7-16(32-4)8-6-15/h5-8,14,18-21,24-25H,9-13H2,1-4H3. The molecule has 0 bridgehead atoms. The zero-order valence-corrected chi connectivity index (χ0v) is 20.4. The third-order valence-electron chi connectivity index (χ3n) is 6.93. The van der Waals surface area contributed by atoms with Crippen LogP contribution in [0.3, 0.4) is 0 Å². The molecule has 0 spiro atoms. The van der Waals surface area contributed by atoms with Gasteiger partial charge in [-0.05, 0) is 36.5 Å². The number of nitrogens with one attached hydrogen (secondary N) is 2. The molecule has 3 fully saturated rings. The summed E-state index contributed by atoms with van der Waals surface area (Å²) in [5, 5.41) is 6.60. The van der Waals surface area contributed by atoms with E-state index in [0.717, 1.165) is 37.2 Å². The average molecular weight is 476 g/mol. The highest BCUT2D eigenvalue weighted by Gasteiger charge is 2.51. The van der Waals surface area contributed by atoms with E-state index in [-0.39, 0.29) is 29.4 Å². The molecule has 9 nitrogen and oxygen atoms in total. The molecule has 33 heavy (non-hydrogen) atoms. The number of benzene rings is 1. The largest absolute Gasteiger partial charge is 0.497 e. The maximum atomic E-state index is 13.1. The summed E-state index contributed by atoms with van der Waals surface area (Å²) in [6, 6.07) is 7.31. The van der Waals surface area contributed by atoms with Crippen LogP contribution < -0.4 is 15.4 Å². The number of thioether (sulfide) groups is 1. The summed E-state index contributed by atoms with van der Waals surface area (Å²) in [5.74, 6) is 1.05. The van der Waals surface area contributed by atoms with E-state index in [1.165, 1.54) is 23.7 Å². The molecule has 3 aliphatic rings. The molecule has 10 heteroatoms. The lowest BCUT2D eigenvalue weighted by atomic mass is 9.96. The summed E-state index contributed by atoms with van der Waals surface area (Å²) in [6.07, 6.45) is 1.30. The fourth-order valence-corrected chi connectivity index (χ4v) is 5.91. The Hall–Kier alpha value is -2.30. The second-order valence-corrected chi connectivity index (χ2v) is 10.2. The molecule has 3 saturated heterocycles. The third-order valence-corrected chi connectivity index (χ3v) is 8.13. The van der Waals surface area contributed by atoms with Crippen molar-refractivity contribution in [3.63, 3.8) is 0 Å². The number of imide groups is 1. The molecule has 0 aliphatic carbocycles. The normalized spacial score (nSPS) is 28.7. The molecular formula is C23H33N5O4S. The van der Waals surface area contributed by atoms with Gasteiger partial charge in [0.1, 0.15) is 5.75 Å². The van der Waals surface area contributed by atoms with Crippen molar-refractivity contribution >= 4 is 29.6 Å². The smallest absolute Gasteiger partial charge is 0.327 e. The number of carbonyl (C=O) groups excluding carboxylic acids is 3. The quantitative estimate of drug-likeness (QED) is 0.669. The molecule has 4 unspecified atom stereocenters. The zero-order valence-electron chi connectivity index (χ0n) is 19.6. The first-order chi connectivity index (χ1) is 15.8. The molecule has 3 aliphatic heterocycles. The summed E-state index contributed by atoms with van der Waals surface area (Å²) in [7, 11) is 4.83. The Morgan fingerprint density at radius 2 is 1.79 bits per heavy atom. The predicted molar refractivity (Wildman–Crippen MR) is 126 cm³/mol. The maximum absolute atomic E-state index is 13.1. The van der Waals surface area contributed by atoms with Crippen molar-refractivity contribution in [2.75, 3.05) is 40.0 Å². The number of carbonyl (C=O) groups is 3. The fraction of sp³-hybridized carbons (Fsp3) is 0.609. The molecule has 180 valence electrons. The molecule has 0 aromatic heterocycles. The van der Waals surface area contributed by atoms with Gasteiger partial charge in [-0.1, -0.05) is 19.1 Å². The van der Waals surface area contributed by atoms with Gasteiger partial charge in [-0.15, -0.1) is 11.8 Å². The first-order valence-corrected chi connectivity index (χ1v) is 12.4. The van der Waals surface area contributed by atoms with Crippen LogP contribution in [0, 0.1) is 11.8 Å². The minimum Gasteiger partial charge on any atom is -0.497 e. The van der Waals surface area contributed by atoms with Crippen molar-refractivity contribution in [2.45, 2.75) is 37.5 Å². The molecule has 4 atom stereocenters. The summed E-state index contributed by atoms with van der Waals surface area (Å²) in [5.41, 5.74) is 0.962. The Labute approximate surface area is 199 Å². The molecule has 1 aromatic rings. The van der Waals surface area contributed by atoms with Crippen molar-refractivity contribution in [1.82, 2.24) is 25.3 Å². The number of hydrogen-bond donors (Lipinski definition) is 2. The van der Waals surface area contributed by atoms with E-state index in [4.69, 9.17) is 4.74 Å². The second kappa shape index (κ2) is 9.90. The van der Waals surface area contributed by atoms with E-state index in [1.807, 2.05) is 29.2 Å². The molecule has 4 rings (SSSR count). The number of fused-ring (bicyclic) bond motifs is 1. The highest BCUT2D eigenvalue weighted by molar-refractivity contribution is 8.00. The third kappa shape index (κ3) is 4.83. The van der Waals surface area contributed by atoms with Gasteiger partial charge in [0.05, 0.1) is 36.5 Å². The van der Waals surface area contributed by atoms with E-state index in [0.29, 0.717) is 11.7 Å². The first kappa shape index (κ1) is 23.8. The molecule has 4 amide bonds. The van der Waals surface area contributed by atoms with Gasteiger partial charge in [0.25, 0.3) is 0 Å². The summed E-state index contributed by atoms with van der Waals surface area (Å²) >= 11 is 1.45. The van der Waals surface area contributed by atoms with Gasteiger partial charge >= 0.3 is 6.03 Å². The van der Waals surface area contributed by atoms with Gasteiger partial charge in [-0.3, -0.25) is 25.1 Å². The van der Waals surface area contributed by atoms with Crippen LogP contribution in [0.5, 0.6) is 5.75 Å². The van der Waals surface area contributed by atoms with Gasteiger partial charge in [0.2, 0.25) is 11.8 Å². The van der Waals surface area contributed by atoms with Crippen LogP contribution in [0.4, 0.5) is 4.79 Å². The number of likely N-dealkylation sites (tertiary alicyclic amines) is 1. The summed E-state index contributed by atoms with van der Waals surface area (Å²) in [6.45, 7) is 3.80. The number of amides is 4. The van der Waals surface area contributed by atoms with Gasteiger partial charge < -0.3 is 14.5 Å². The topological polar surface area (TPSA) is 94.2 Å². The minimum absolute atomic E-state index is 0.103. The second-order valence-electron chi connectivity index (χ2n) is 9.10. The van der Waals surface area contributed by atoms with E-state index < -0.39 is 12.1 Å². The average Bonchev–Trinajstić information content (AvgIpc) is 2.84. The van der Waals surface area contributed by atoms with E-state index in [2.05, 4.69) is 17.6 Å². The van der Waals surface area contributed by atoms with Crippen molar-refractivity contribution in [1.29, 1.82) is 0 Å². The molecule has 2 N–H and O–H groups in total. The Kier molecular flexibility index (Phi) is 7.16. The van der Waals surface area contributed by atoms with Gasteiger partial charge in [0, 0.05) is 27.2 Å². The van der Waals surface area contributed by atoms with Gasteiger partial charge in [-0.2, -0.15) is 0 Å². The number of methoxy groups -OCH3 is 1. The molecule has 0 radical (unpaired) electrons. The Morgan fingerprint density at radius 1 is 1.12 bits per heavy atom. The first-order valence-electron chi connectivity index (χ1n) is 11.4. The lowest BCUT2D eigenvalue weighted by Crippen LogP contribution is -2.72. The van der Waals surface area contributed by atoms with Crippen molar-refractivity contribution in [3.05, 3.63) is 29.8 Å². The van der Waals surface area contributed by atoms with Crippen LogP contribution >= 0.6 is 11.8 Å². The molecular weight excluding hydrogens is 442 g/mol. The number of nitrogens with zero attached hydrogens (tertiary/aromatic N) is 3. The summed E-state index contributed by atoms with van der Waals surface area (Å²) in [4.78, 5) is 43.3. The van der Waals surface area contributed by atoms with E-state index in [1.54, 1.807) is 19.1 Å². The van der Waals surface area contributed by atoms with Crippen LogP contribution in [0.1, 0.15) is 31.5 Å². The number of hydrogen-bond acceptors (Lipinski definition) is 7. The molecule has 1 aromatic carbocycles. The van der Waals surface area contributed by atoms with Crippen molar-refractivity contribution < 1.29 is 19.1 Å². The number of rotatable bonds is 5. The molecule has 0 saturated carbocycles. The van der Waals surface area contributed by atoms with E-state index >= 15 is 0 Å².